The van der Waals surface area contributed by atoms with E-state index >= 15 is 0 Å². The number of ether oxygens (including phenoxy) is 1. The molecule has 3 heterocycles. The fraction of sp³-hybridized carbons (Fsp3) is 0.588. The third kappa shape index (κ3) is 3.47. The quantitative estimate of drug-likeness (QED) is 0.597. The van der Waals surface area contributed by atoms with E-state index in [9.17, 15) is 19.7 Å². The molecule has 140 valence electrons. The molecule has 9 heteroatoms. The second-order valence-electron chi connectivity index (χ2n) is 6.75. The molecule has 0 aromatic carbocycles. The van der Waals surface area contributed by atoms with Crippen LogP contribution < -0.4 is 9.64 Å². The van der Waals surface area contributed by atoms with Gasteiger partial charge < -0.3 is 19.8 Å². The van der Waals surface area contributed by atoms with Gasteiger partial charge in [0.25, 0.3) is 11.7 Å². The van der Waals surface area contributed by atoms with Gasteiger partial charge in [-0.1, -0.05) is 13.8 Å². The molecule has 2 aliphatic heterocycles. The molecule has 1 unspecified atom stereocenters. The SMILES string of the molecule is CCC1Oc2ccc([N+](=O)[O-])nc2N(CC(=O)N2CCC(C)CC2)C1=O. The first-order valence-corrected chi connectivity index (χ1v) is 8.82. The second kappa shape index (κ2) is 7.27. The number of hydrogen-bond acceptors (Lipinski definition) is 6. The lowest BCUT2D eigenvalue weighted by atomic mass is 9.99. The van der Waals surface area contributed by atoms with Gasteiger partial charge in [0.05, 0.1) is 0 Å². The first kappa shape index (κ1) is 18.1. The Labute approximate surface area is 151 Å². The number of amides is 2. The minimum atomic E-state index is -0.722. The monoisotopic (exact) mass is 362 g/mol. The Kier molecular flexibility index (Phi) is 5.06. The Hall–Kier alpha value is -2.71. The number of anilines is 1. The minimum Gasteiger partial charge on any atom is -0.474 e. The molecule has 0 radical (unpaired) electrons. The molecular formula is C17H22N4O5. The molecule has 1 aromatic heterocycles. The topological polar surface area (TPSA) is 106 Å². The number of piperidine rings is 1. The van der Waals surface area contributed by atoms with Gasteiger partial charge in [0.15, 0.2) is 11.9 Å². The Balaban J connectivity index is 1.86. The summed E-state index contributed by atoms with van der Waals surface area (Å²) in [6.45, 7) is 5.08. The van der Waals surface area contributed by atoms with E-state index in [1.165, 1.54) is 17.0 Å². The highest BCUT2D eigenvalue weighted by molar-refractivity contribution is 6.03. The van der Waals surface area contributed by atoms with E-state index < -0.39 is 16.9 Å². The molecule has 1 aromatic rings. The van der Waals surface area contributed by atoms with Gasteiger partial charge in [-0.3, -0.25) is 14.5 Å². The first-order valence-electron chi connectivity index (χ1n) is 8.82. The van der Waals surface area contributed by atoms with Crippen molar-refractivity contribution in [2.75, 3.05) is 24.5 Å². The third-order valence-corrected chi connectivity index (χ3v) is 4.88. The molecule has 1 atom stereocenters. The smallest absolute Gasteiger partial charge is 0.366 e. The lowest BCUT2D eigenvalue weighted by Gasteiger charge is -2.34. The van der Waals surface area contributed by atoms with Crippen molar-refractivity contribution in [3.63, 3.8) is 0 Å². The molecule has 26 heavy (non-hydrogen) atoms. The molecular weight excluding hydrogens is 340 g/mol. The van der Waals surface area contributed by atoms with Gasteiger partial charge >= 0.3 is 5.82 Å². The van der Waals surface area contributed by atoms with E-state index in [4.69, 9.17) is 4.74 Å². The predicted octanol–water partition coefficient (Wildman–Crippen LogP) is 1.75. The standard InChI is InChI=1S/C17H22N4O5/c1-3-12-17(23)20(10-15(22)19-8-6-11(2)7-9-19)16-13(26-12)4-5-14(18-16)21(24)25/h4-5,11-12H,3,6-10H2,1-2H3. The van der Waals surface area contributed by atoms with Crippen LogP contribution in [0.15, 0.2) is 12.1 Å². The van der Waals surface area contributed by atoms with Crippen molar-refractivity contribution in [1.29, 1.82) is 0 Å². The molecule has 0 spiro atoms. The van der Waals surface area contributed by atoms with Crippen LogP contribution >= 0.6 is 0 Å². The van der Waals surface area contributed by atoms with Crippen LogP contribution in [-0.4, -0.2) is 52.4 Å². The minimum absolute atomic E-state index is 0.0348. The molecule has 9 nitrogen and oxygen atoms in total. The van der Waals surface area contributed by atoms with Crippen LogP contribution in [0.4, 0.5) is 11.6 Å². The van der Waals surface area contributed by atoms with Crippen molar-refractivity contribution in [3.8, 4) is 5.75 Å². The summed E-state index contributed by atoms with van der Waals surface area (Å²) in [5.41, 5.74) is 0. The number of nitrogens with zero attached hydrogens (tertiary/aromatic N) is 4. The van der Waals surface area contributed by atoms with Gasteiger partial charge in [-0.05, 0) is 41.2 Å². The van der Waals surface area contributed by atoms with E-state index in [2.05, 4.69) is 11.9 Å². The maximum atomic E-state index is 12.7. The molecule has 2 amide bonds. The van der Waals surface area contributed by atoms with Crippen LogP contribution in [0.3, 0.4) is 0 Å². The van der Waals surface area contributed by atoms with Gasteiger partial charge in [-0.25, -0.2) is 0 Å². The average Bonchev–Trinajstić information content (AvgIpc) is 2.63. The van der Waals surface area contributed by atoms with Crippen molar-refractivity contribution >= 4 is 23.5 Å². The van der Waals surface area contributed by atoms with Crippen LogP contribution in [0.25, 0.3) is 0 Å². The summed E-state index contributed by atoms with van der Waals surface area (Å²) in [5.74, 6) is -0.0688. The van der Waals surface area contributed by atoms with Gasteiger partial charge in [0.2, 0.25) is 5.91 Å². The number of aromatic nitrogens is 1. The Morgan fingerprint density at radius 3 is 2.69 bits per heavy atom. The normalized spacial score (nSPS) is 20.5. The van der Waals surface area contributed by atoms with Gasteiger partial charge in [0, 0.05) is 19.2 Å². The molecule has 0 saturated carbocycles. The summed E-state index contributed by atoms with van der Waals surface area (Å²) >= 11 is 0. The van der Waals surface area contributed by atoms with Crippen molar-refractivity contribution in [2.45, 2.75) is 39.2 Å². The first-order chi connectivity index (χ1) is 12.4. The highest BCUT2D eigenvalue weighted by Gasteiger charge is 2.39. The van der Waals surface area contributed by atoms with Crippen LogP contribution in [0.5, 0.6) is 5.75 Å². The van der Waals surface area contributed by atoms with Gasteiger partial charge in [-0.15, -0.1) is 0 Å². The number of nitro groups is 1. The van der Waals surface area contributed by atoms with Crippen molar-refractivity contribution < 1.29 is 19.2 Å². The summed E-state index contributed by atoms with van der Waals surface area (Å²) in [5, 5.41) is 11.0. The van der Waals surface area contributed by atoms with Crippen LogP contribution in [0.1, 0.15) is 33.1 Å². The molecule has 0 aliphatic carbocycles. The van der Waals surface area contributed by atoms with Crippen molar-refractivity contribution in [3.05, 3.63) is 22.2 Å². The molecule has 0 bridgehead atoms. The predicted molar refractivity (Wildman–Crippen MR) is 92.9 cm³/mol. The van der Waals surface area contributed by atoms with E-state index in [-0.39, 0.29) is 29.8 Å². The zero-order chi connectivity index (χ0) is 18.8. The van der Waals surface area contributed by atoms with Crippen LogP contribution in [0, 0.1) is 16.0 Å². The lowest BCUT2D eigenvalue weighted by Crippen LogP contribution is -2.51. The number of carbonyl (C=O) groups is 2. The number of carbonyl (C=O) groups excluding carboxylic acids is 2. The molecule has 2 aliphatic rings. The fourth-order valence-corrected chi connectivity index (χ4v) is 3.20. The Morgan fingerprint density at radius 1 is 1.38 bits per heavy atom. The second-order valence-corrected chi connectivity index (χ2v) is 6.75. The zero-order valence-corrected chi connectivity index (χ0v) is 14.9. The van der Waals surface area contributed by atoms with E-state index in [1.54, 1.807) is 11.8 Å². The summed E-state index contributed by atoms with van der Waals surface area (Å²) < 4.78 is 5.60. The summed E-state index contributed by atoms with van der Waals surface area (Å²) in [7, 11) is 0. The van der Waals surface area contributed by atoms with Crippen molar-refractivity contribution in [1.82, 2.24) is 9.88 Å². The third-order valence-electron chi connectivity index (χ3n) is 4.88. The summed E-state index contributed by atoms with van der Waals surface area (Å²) in [6, 6.07) is 2.66. The van der Waals surface area contributed by atoms with E-state index in [1.807, 2.05) is 0 Å². The lowest BCUT2D eigenvalue weighted by molar-refractivity contribution is -0.389. The van der Waals surface area contributed by atoms with E-state index in [0.29, 0.717) is 25.4 Å². The Bertz CT molecular complexity index is 730. The largest absolute Gasteiger partial charge is 0.474 e. The molecule has 1 fully saturated rings. The molecule has 1 saturated heterocycles. The highest BCUT2D eigenvalue weighted by atomic mass is 16.6. The fourth-order valence-electron chi connectivity index (χ4n) is 3.20. The Morgan fingerprint density at radius 2 is 2.08 bits per heavy atom. The summed E-state index contributed by atoms with van der Waals surface area (Å²) in [4.78, 5) is 42.6. The molecule has 3 rings (SSSR count). The van der Waals surface area contributed by atoms with E-state index in [0.717, 1.165) is 12.8 Å². The number of hydrogen-bond donors (Lipinski definition) is 0. The summed E-state index contributed by atoms with van der Waals surface area (Å²) in [6.07, 6.45) is 1.57. The van der Waals surface area contributed by atoms with Crippen LogP contribution in [-0.2, 0) is 9.59 Å². The number of likely N-dealkylation sites (tertiary alicyclic amines) is 1. The molecule has 0 N–H and O–H groups in total. The zero-order valence-electron chi connectivity index (χ0n) is 14.9. The number of pyridine rings is 1. The van der Waals surface area contributed by atoms with Gasteiger partial charge in [-0.2, -0.15) is 0 Å². The maximum absolute atomic E-state index is 12.7. The number of rotatable bonds is 4. The highest BCUT2D eigenvalue weighted by Crippen LogP contribution is 2.34. The maximum Gasteiger partial charge on any atom is 0.366 e. The average molecular weight is 362 g/mol. The van der Waals surface area contributed by atoms with Gasteiger partial charge in [0.1, 0.15) is 6.54 Å². The van der Waals surface area contributed by atoms with Crippen molar-refractivity contribution in [2.24, 2.45) is 5.92 Å². The number of fused-ring (bicyclic) bond motifs is 1. The van der Waals surface area contributed by atoms with Crippen LogP contribution in [0.2, 0.25) is 0 Å².